The highest BCUT2D eigenvalue weighted by molar-refractivity contribution is 5.78. The Hall–Kier alpha value is -3.13. The van der Waals surface area contributed by atoms with Gasteiger partial charge in [-0.25, -0.2) is 4.98 Å². The van der Waals surface area contributed by atoms with Crippen molar-refractivity contribution in [3.63, 3.8) is 0 Å². The van der Waals surface area contributed by atoms with E-state index in [0.29, 0.717) is 31.2 Å². The lowest BCUT2D eigenvalue weighted by molar-refractivity contribution is -0.133. The van der Waals surface area contributed by atoms with E-state index in [0.717, 1.165) is 38.3 Å². The van der Waals surface area contributed by atoms with Crippen molar-refractivity contribution < 1.29 is 19.1 Å². The molecule has 1 fully saturated rings. The third-order valence-electron chi connectivity index (χ3n) is 5.58. The molecule has 0 radical (unpaired) electrons. The van der Waals surface area contributed by atoms with Gasteiger partial charge in [0.25, 0.3) is 5.88 Å². The molecule has 8 heteroatoms. The van der Waals surface area contributed by atoms with Gasteiger partial charge in [-0.3, -0.25) is 14.5 Å². The quantitative estimate of drug-likeness (QED) is 0.761. The zero-order valence-corrected chi connectivity index (χ0v) is 17.8. The molecule has 0 bridgehead atoms. The SMILES string of the molecule is CC(=O)NCCC(=O)N1CCN(Cc2ccc([C@H]3COc4cccnc4O3)cc2)CC1. The van der Waals surface area contributed by atoms with Gasteiger partial charge in [0.2, 0.25) is 11.8 Å². The smallest absolute Gasteiger partial charge is 0.257 e. The molecule has 0 aliphatic carbocycles. The number of carbonyl (C=O) groups excluding carboxylic acids is 2. The Morgan fingerprint density at radius 3 is 2.65 bits per heavy atom. The van der Waals surface area contributed by atoms with Crippen LogP contribution in [0, 0.1) is 0 Å². The van der Waals surface area contributed by atoms with Gasteiger partial charge in [-0.05, 0) is 23.3 Å². The summed E-state index contributed by atoms with van der Waals surface area (Å²) in [5.41, 5.74) is 2.29. The Bertz CT molecular complexity index is 910. The zero-order valence-electron chi connectivity index (χ0n) is 17.8. The van der Waals surface area contributed by atoms with Gasteiger partial charge in [0.15, 0.2) is 11.9 Å². The Kier molecular flexibility index (Phi) is 6.66. The highest BCUT2D eigenvalue weighted by Crippen LogP contribution is 2.33. The van der Waals surface area contributed by atoms with Crippen LogP contribution >= 0.6 is 0 Å². The van der Waals surface area contributed by atoms with Gasteiger partial charge >= 0.3 is 0 Å². The van der Waals surface area contributed by atoms with Crippen LogP contribution in [0.3, 0.4) is 0 Å². The lowest BCUT2D eigenvalue weighted by Gasteiger charge is -2.35. The Labute approximate surface area is 182 Å². The fraction of sp³-hybridized carbons (Fsp3) is 0.435. The van der Waals surface area contributed by atoms with Gasteiger partial charge in [-0.1, -0.05) is 24.3 Å². The zero-order chi connectivity index (χ0) is 21.6. The monoisotopic (exact) mass is 424 g/mol. The van der Waals surface area contributed by atoms with Crippen LogP contribution in [0.15, 0.2) is 42.6 Å². The average molecular weight is 425 g/mol. The molecule has 164 valence electrons. The molecule has 0 unspecified atom stereocenters. The first-order valence-corrected chi connectivity index (χ1v) is 10.7. The summed E-state index contributed by atoms with van der Waals surface area (Å²) in [5, 5.41) is 2.67. The molecule has 31 heavy (non-hydrogen) atoms. The number of carbonyl (C=O) groups is 2. The van der Waals surface area contributed by atoms with Gasteiger partial charge in [-0.2, -0.15) is 0 Å². The second-order valence-electron chi connectivity index (χ2n) is 7.86. The third-order valence-corrected chi connectivity index (χ3v) is 5.58. The fourth-order valence-corrected chi connectivity index (χ4v) is 3.83. The molecule has 1 saturated heterocycles. The highest BCUT2D eigenvalue weighted by Gasteiger charge is 2.24. The van der Waals surface area contributed by atoms with Crippen molar-refractivity contribution in [2.24, 2.45) is 0 Å². The fourth-order valence-electron chi connectivity index (χ4n) is 3.83. The van der Waals surface area contributed by atoms with Crippen LogP contribution in [0.2, 0.25) is 0 Å². The number of benzene rings is 1. The van der Waals surface area contributed by atoms with Crippen LogP contribution in [0.4, 0.5) is 0 Å². The molecule has 0 saturated carbocycles. The molecule has 0 spiro atoms. The number of hydrogen-bond donors (Lipinski definition) is 1. The first-order valence-electron chi connectivity index (χ1n) is 10.7. The summed E-state index contributed by atoms with van der Waals surface area (Å²) in [6.07, 6.45) is 1.89. The summed E-state index contributed by atoms with van der Waals surface area (Å²) in [7, 11) is 0. The second-order valence-corrected chi connectivity index (χ2v) is 7.86. The number of piperazine rings is 1. The molecule has 8 nitrogen and oxygen atoms in total. The largest absolute Gasteiger partial charge is 0.484 e. The number of fused-ring (bicyclic) bond motifs is 1. The standard InChI is InChI=1S/C23H28N4O4/c1-17(28)24-10-8-22(29)27-13-11-26(12-14-27)15-18-4-6-19(7-5-18)21-16-30-20-3-2-9-25-23(20)31-21/h2-7,9,21H,8,10-16H2,1H3,(H,24,28)/t21-/m1/s1. The maximum Gasteiger partial charge on any atom is 0.257 e. The van der Waals surface area contributed by atoms with E-state index in [4.69, 9.17) is 9.47 Å². The number of aromatic nitrogens is 1. The minimum absolute atomic E-state index is 0.100. The lowest BCUT2D eigenvalue weighted by Crippen LogP contribution is -2.48. The maximum absolute atomic E-state index is 12.2. The molecule has 1 aromatic heterocycles. The number of nitrogens with one attached hydrogen (secondary N) is 1. The Balaban J connectivity index is 1.24. The second kappa shape index (κ2) is 9.78. The number of amides is 2. The van der Waals surface area contributed by atoms with Crippen LogP contribution in [0.5, 0.6) is 11.6 Å². The van der Waals surface area contributed by atoms with Crippen LogP contribution < -0.4 is 14.8 Å². The summed E-state index contributed by atoms with van der Waals surface area (Å²) in [6.45, 7) is 6.30. The average Bonchev–Trinajstić information content (AvgIpc) is 2.79. The summed E-state index contributed by atoms with van der Waals surface area (Å²) in [6, 6.07) is 12.1. The van der Waals surface area contributed by atoms with Crippen LogP contribution in [-0.2, 0) is 16.1 Å². The molecule has 1 aromatic carbocycles. The van der Waals surface area contributed by atoms with Gasteiger partial charge in [0.1, 0.15) is 6.61 Å². The molecule has 2 aliphatic rings. The molecule has 3 heterocycles. The summed E-state index contributed by atoms with van der Waals surface area (Å²) in [5.74, 6) is 1.21. The van der Waals surface area contributed by atoms with Crippen molar-refractivity contribution in [3.8, 4) is 11.6 Å². The molecular formula is C23H28N4O4. The first-order chi connectivity index (χ1) is 15.1. The summed E-state index contributed by atoms with van der Waals surface area (Å²) >= 11 is 0. The van der Waals surface area contributed by atoms with Crippen molar-refractivity contribution in [2.75, 3.05) is 39.3 Å². The number of ether oxygens (including phenoxy) is 2. The molecule has 2 aliphatic heterocycles. The number of nitrogens with zero attached hydrogens (tertiary/aromatic N) is 3. The number of rotatable bonds is 6. The van der Waals surface area contributed by atoms with E-state index in [1.165, 1.54) is 12.5 Å². The summed E-state index contributed by atoms with van der Waals surface area (Å²) in [4.78, 5) is 31.6. The van der Waals surface area contributed by atoms with Crippen molar-refractivity contribution in [2.45, 2.75) is 26.0 Å². The van der Waals surface area contributed by atoms with Crippen LogP contribution in [0.25, 0.3) is 0 Å². The molecule has 2 amide bonds. The van der Waals surface area contributed by atoms with Crippen molar-refractivity contribution >= 4 is 11.8 Å². The predicted octanol–water partition coefficient (Wildman–Crippen LogP) is 1.76. The van der Waals surface area contributed by atoms with Crippen LogP contribution in [0.1, 0.15) is 30.6 Å². The van der Waals surface area contributed by atoms with Crippen molar-refractivity contribution in [3.05, 3.63) is 53.7 Å². The summed E-state index contributed by atoms with van der Waals surface area (Å²) < 4.78 is 11.7. The van der Waals surface area contributed by atoms with Gasteiger partial charge in [-0.15, -0.1) is 0 Å². The Morgan fingerprint density at radius 1 is 1.13 bits per heavy atom. The molecular weight excluding hydrogens is 396 g/mol. The van der Waals surface area contributed by atoms with E-state index >= 15 is 0 Å². The maximum atomic E-state index is 12.2. The minimum Gasteiger partial charge on any atom is -0.484 e. The lowest BCUT2D eigenvalue weighted by atomic mass is 10.1. The van der Waals surface area contributed by atoms with Crippen LogP contribution in [-0.4, -0.2) is 65.9 Å². The van der Waals surface area contributed by atoms with Gasteiger partial charge < -0.3 is 19.7 Å². The number of hydrogen-bond acceptors (Lipinski definition) is 6. The van der Waals surface area contributed by atoms with E-state index in [9.17, 15) is 9.59 Å². The Morgan fingerprint density at radius 2 is 1.90 bits per heavy atom. The van der Waals surface area contributed by atoms with E-state index in [2.05, 4.69) is 39.5 Å². The van der Waals surface area contributed by atoms with E-state index < -0.39 is 0 Å². The normalized spacial score (nSPS) is 18.5. The predicted molar refractivity (Wildman–Crippen MR) is 115 cm³/mol. The van der Waals surface area contributed by atoms with E-state index in [-0.39, 0.29) is 17.9 Å². The third kappa shape index (κ3) is 5.52. The van der Waals surface area contributed by atoms with Crippen molar-refractivity contribution in [1.82, 2.24) is 20.1 Å². The molecule has 4 rings (SSSR count). The highest BCUT2D eigenvalue weighted by atomic mass is 16.6. The van der Waals surface area contributed by atoms with Crippen molar-refractivity contribution in [1.29, 1.82) is 0 Å². The van der Waals surface area contributed by atoms with Gasteiger partial charge in [0.05, 0.1) is 0 Å². The topological polar surface area (TPSA) is 84.0 Å². The van der Waals surface area contributed by atoms with E-state index in [1.807, 2.05) is 17.0 Å². The molecule has 1 atom stereocenters. The number of pyridine rings is 1. The molecule has 1 N–H and O–H groups in total. The minimum atomic E-state index is -0.163. The first kappa shape index (κ1) is 21.1. The van der Waals surface area contributed by atoms with Gasteiger partial charge in [0, 0.05) is 58.8 Å². The molecule has 2 aromatic rings. The van der Waals surface area contributed by atoms with E-state index in [1.54, 1.807) is 6.20 Å².